The van der Waals surface area contributed by atoms with E-state index in [0.717, 1.165) is 19.6 Å². The van der Waals surface area contributed by atoms with Gasteiger partial charge in [0, 0.05) is 19.1 Å². The molecule has 0 bridgehead atoms. The average molecular weight is 287 g/mol. The lowest BCUT2D eigenvalue weighted by atomic mass is 10.0. The van der Waals surface area contributed by atoms with Gasteiger partial charge in [-0.05, 0) is 40.8 Å². The van der Waals surface area contributed by atoms with E-state index >= 15 is 0 Å². The average Bonchev–Trinajstić information content (AvgIpc) is 2.35. The minimum absolute atomic E-state index is 0.0268. The van der Waals surface area contributed by atoms with Crippen LogP contribution in [-0.2, 0) is 4.79 Å². The molecular formula is C14H29N3O3. The highest BCUT2D eigenvalue weighted by Gasteiger charge is 2.37. The number of carbonyl (C=O) groups excluding carboxylic acids is 1. The second kappa shape index (κ2) is 8.09. The maximum atomic E-state index is 12.2. The van der Waals surface area contributed by atoms with Crippen LogP contribution in [0.15, 0.2) is 0 Å². The Morgan fingerprint density at radius 3 is 2.00 bits per heavy atom. The van der Waals surface area contributed by atoms with Crippen LogP contribution in [0.4, 0.5) is 4.79 Å². The quantitative estimate of drug-likeness (QED) is 0.711. The van der Waals surface area contributed by atoms with Crippen LogP contribution in [0, 0.1) is 0 Å². The van der Waals surface area contributed by atoms with Crippen LogP contribution in [0.5, 0.6) is 0 Å². The van der Waals surface area contributed by atoms with Gasteiger partial charge < -0.3 is 20.2 Å². The molecule has 0 fully saturated rings. The molecule has 0 saturated carbocycles. The number of nitrogens with one attached hydrogen (secondary N) is 1. The van der Waals surface area contributed by atoms with E-state index < -0.39 is 11.5 Å². The van der Waals surface area contributed by atoms with E-state index in [1.54, 1.807) is 6.92 Å². The van der Waals surface area contributed by atoms with Gasteiger partial charge in [-0.1, -0.05) is 13.8 Å². The zero-order valence-electron chi connectivity index (χ0n) is 13.6. The lowest BCUT2D eigenvalue weighted by Crippen LogP contribution is -2.58. The number of urea groups is 1. The zero-order valence-corrected chi connectivity index (χ0v) is 13.6. The summed E-state index contributed by atoms with van der Waals surface area (Å²) in [6.07, 6.45) is 0. The fourth-order valence-corrected chi connectivity index (χ4v) is 2.11. The maximum absolute atomic E-state index is 12.2. The summed E-state index contributed by atoms with van der Waals surface area (Å²) in [5.74, 6) is -1.01. The first-order valence-electron chi connectivity index (χ1n) is 7.24. The van der Waals surface area contributed by atoms with E-state index in [2.05, 4.69) is 24.1 Å². The summed E-state index contributed by atoms with van der Waals surface area (Å²) in [6.45, 7) is 13.9. The van der Waals surface area contributed by atoms with Crippen molar-refractivity contribution in [3.63, 3.8) is 0 Å². The molecule has 0 aliphatic carbocycles. The van der Waals surface area contributed by atoms with Crippen molar-refractivity contribution in [2.75, 3.05) is 26.2 Å². The van der Waals surface area contributed by atoms with Crippen LogP contribution in [0.2, 0.25) is 0 Å². The third kappa shape index (κ3) is 5.00. The first-order chi connectivity index (χ1) is 9.20. The van der Waals surface area contributed by atoms with Crippen molar-refractivity contribution in [2.24, 2.45) is 0 Å². The van der Waals surface area contributed by atoms with Gasteiger partial charge in [-0.25, -0.2) is 9.59 Å². The van der Waals surface area contributed by atoms with Gasteiger partial charge in [-0.3, -0.25) is 0 Å². The number of carboxylic acid groups (broad SMARTS) is 1. The Labute approximate surface area is 122 Å². The number of hydrogen-bond acceptors (Lipinski definition) is 3. The number of likely N-dealkylation sites (N-methyl/N-ethyl adjacent to an activating group) is 2. The van der Waals surface area contributed by atoms with Gasteiger partial charge in [-0.2, -0.15) is 0 Å². The van der Waals surface area contributed by atoms with E-state index in [0.29, 0.717) is 6.54 Å². The molecule has 0 aromatic heterocycles. The van der Waals surface area contributed by atoms with Crippen molar-refractivity contribution in [1.82, 2.24) is 15.1 Å². The SMILES string of the molecule is CCN(CC)CC(C)NC(=O)N(CC)C(C)(C)C(=O)O. The number of amides is 2. The highest BCUT2D eigenvalue weighted by molar-refractivity contribution is 5.85. The molecular weight excluding hydrogens is 258 g/mol. The minimum atomic E-state index is -1.21. The Bertz CT molecular complexity index is 328. The molecule has 6 nitrogen and oxygen atoms in total. The second-order valence-corrected chi connectivity index (χ2v) is 5.44. The number of nitrogens with zero attached hydrogens (tertiary/aromatic N) is 2. The molecule has 0 radical (unpaired) electrons. The molecule has 1 unspecified atom stereocenters. The predicted molar refractivity (Wildman–Crippen MR) is 79.9 cm³/mol. The normalized spacial score (nSPS) is 13.2. The van der Waals surface area contributed by atoms with Crippen molar-refractivity contribution < 1.29 is 14.7 Å². The maximum Gasteiger partial charge on any atom is 0.329 e. The molecule has 0 rings (SSSR count). The van der Waals surface area contributed by atoms with Crippen molar-refractivity contribution in [3.8, 4) is 0 Å². The van der Waals surface area contributed by atoms with E-state index in [-0.39, 0.29) is 12.1 Å². The minimum Gasteiger partial charge on any atom is -0.480 e. The third-order valence-corrected chi connectivity index (χ3v) is 3.56. The Morgan fingerprint density at radius 1 is 1.15 bits per heavy atom. The smallest absolute Gasteiger partial charge is 0.329 e. The standard InChI is InChI=1S/C14H29N3O3/c1-7-16(8-2)10-11(4)15-13(20)17(9-3)14(5,6)12(18)19/h11H,7-10H2,1-6H3,(H,15,20)(H,18,19). The predicted octanol–water partition coefficient (Wildman–Crippen LogP) is 1.61. The van der Waals surface area contributed by atoms with Gasteiger partial charge >= 0.3 is 12.0 Å². The van der Waals surface area contributed by atoms with E-state index in [9.17, 15) is 14.7 Å². The number of aliphatic carboxylic acids is 1. The third-order valence-electron chi connectivity index (χ3n) is 3.56. The van der Waals surface area contributed by atoms with Gasteiger partial charge in [0.15, 0.2) is 0 Å². The lowest BCUT2D eigenvalue weighted by Gasteiger charge is -2.35. The van der Waals surface area contributed by atoms with E-state index in [1.807, 2.05) is 6.92 Å². The highest BCUT2D eigenvalue weighted by atomic mass is 16.4. The molecule has 2 N–H and O–H groups in total. The fourth-order valence-electron chi connectivity index (χ4n) is 2.11. The summed E-state index contributed by atoms with van der Waals surface area (Å²) in [5.41, 5.74) is -1.21. The second-order valence-electron chi connectivity index (χ2n) is 5.44. The number of carboxylic acids is 1. The molecule has 118 valence electrons. The molecule has 0 aliphatic heterocycles. The zero-order chi connectivity index (χ0) is 15.9. The van der Waals surface area contributed by atoms with Crippen LogP contribution >= 0.6 is 0 Å². The van der Waals surface area contributed by atoms with Gasteiger partial charge in [0.05, 0.1) is 0 Å². The van der Waals surface area contributed by atoms with Crippen molar-refractivity contribution in [1.29, 1.82) is 0 Å². The van der Waals surface area contributed by atoms with E-state index in [1.165, 1.54) is 18.7 Å². The fraction of sp³-hybridized carbons (Fsp3) is 0.857. The lowest BCUT2D eigenvalue weighted by molar-refractivity contribution is -0.147. The molecule has 0 aromatic carbocycles. The largest absolute Gasteiger partial charge is 0.480 e. The van der Waals surface area contributed by atoms with Crippen molar-refractivity contribution in [3.05, 3.63) is 0 Å². The van der Waals surface area contributed by atoms with Crippen LogP contribution in [0.25, 0.3) is 0 Å². The Hall–Kier alpha value is -1.30. The van der Waals surface area contributed by atoms with Gasteiger partial charge in [0.2, 0.25) is 0 Å². The van der Waals surface area contributed by atoms with Gasteiger partial charge in [0.25, 0.3) is 0 Å². The Balaban J connectivity index is 4.68. The summed E-state index contributed by atoms with van der Waals surface area (Å²) >= 11 is 0. The molecule has 0 aromatic rings. The van der Waals surface area contributed by atoms with Gasteiger partial charge in [0.1, 0.15) is 5.54 Å². The molecule has 0 saturated heterocycles. The summed E-state index contributed by atoms with van der Waals surface area (Å²) in [7, 11) is 0. The van der Waals surface area contributed by atoms with Crippen LogP contribution < -0.4 is 5.32 Å². The first kappa shape index (κ1) is 18.7. The first-order valence-corrected chi connectivity index (χ1v) is 7.24. The summed E-state index contributed by atoms with van der Waals surface area (Å²) in [5, 5.41) is 12.1. The van der Waals surface area contributed by atoms with Crippen LogP contribution in [-0.4, -0.2) is 64.7 Å². The highest BCUT2D eigenvalue weighted by Crippen LogP contribution is 2.14. The summed E-state index contributed by atoms with van der Waals surface area (Å²) in [4.78, 5) is 27.0. The number of carbonyl (C=O) groups is 2. The molecule has 0 aliphatic rings. The van der Waals surface area contributed by atoms with Crippen LogP contribution in [0.3, 0.4) is 0 Å². The van der Waals surface area contributed by atoms with E-state index in [4.69, 9.17) is 0 Å². The van der Waals surface area contributed by atoms with Crippen molar-refractivity contribution >= 4 is 12.0 Å². The topological polar surface area (TPSA) is 72.9 Å². The van der Waals surface area contributed by atoms with Gasteiger partial charge in [-0.15, -0.1) is 0 Å². The summed E-state index contributed by atoms with van der Waals surface area (Å²) < 4.78 is 0. The number of rotatable bonds is 8. The number of hydrogen-bond donors (Lipinski definition) is 2. The summed E-state index contributed by atoms with van der Waals surface area (Å²) in [6, 6.07) is -0.361. The molecule has 20 heavy (non-hydrogen) atoms. The molecule has 6 heteroatoms. The monoisotopic (exact) mass is 287 g/mol. The molecule has 2 amide bonds. The molecule has 0 spiro atoms. The van der Waals surface area contributed by atoms with Crippen LogP contribution in [0.1, 0.15) is 41.5 Å². The Morgan fingerprint density at radius 2 is 1.65 bits per heavy atom. The molecule has 1 atom stereocenters. The molecule has 0 heterocycles. The Kier molecular flexibility index (Phi) is 7.57. The van der Waals surface area contributed by atoms with Crippen molar-refractivity contribution in [2.45, 2.75) is 53.1 Å².